The number of nitrogens with one attached hydrogen (secondary N) is 1. The zero-order valence-corrected chi connectivity index (χ0v) is 13.3. The first-order valence-corrected chi connectivity index (χ1v) is 7.95. The Balaban J connectivity index is 2.29. The van der Waals surface area contributed by atoms with Gasteiger partial charge in [0.25, 0.3) is 0 Å². The molecule has 5 heteroatoms. The summed E-state index contributed by atoms with van der Waals surface area (Å²) in [5, 5.41) is 5.07. The van der Waals surface area contributed by atoms with Gasteiger partial charge in [-0.2, -0.15) is 0 Å². The van der Waals surface area contributed by atoms with Crippen LogP contribution in [0.4, 0.5) is 5.82 Å². The summed E-state index contributed by atoms with van der Waals surface area (Å²) in [4.78, 5) is 9.92. The summed E-state index contributed by atoms with van der Waals surface area (Å²) in [5.74, 6) is 0.945. The fourth-order valence-electron chi connectivity index (χ4n) is 1.89. The smallest absolute Gasteiger partial charge is 0.133 e. The first kappa shape index (κ1) is 15.1. The fraction of sp³-hybridized carbons (Fsp3) is 0.333. The maximum absolute atomic E-state index is 5.92. The molecule has 0 unspecified atom stereocenters. The number of nitrogens with zero attached hydrogens (tertiary/aromatic N) is 2. The summed E-state index contributed by atoms with van der Waals surface area (Å²) in [5.41, 5.74) is 1.19. The Labute approximate surface area is 129 Å². The molecule has 0 aliphatic carbocycles. The van der Waals surface area contributed by atoms with Gasteiger partial charge in [-0.05, 0) is 37.6 Å². The molecule has 1 N–H and O–H groups in total. The van der Waals surface area contributed by atoms with Crippen molar-refractivity contribution in [2.75, 3.05) is 11.9 Å². The first-order valence-electron chi connectivity index (χ1n) is 6.75. The average molecular weight is 308 g/mol. The Morgan fingerprint density at radius 2 is 1.90 bits per heavy atom. The lowest BCUT2D eigenvalue weighted by Crippen LogP contribution is -2.05. The molecule has 1 aromatic heterocycles. The summed E-state index contributed by atoms with van der Waals surface area (Å²) >= 11 is 7.57. The molecular weight excluding hydrogens is 290 g/mol. The lowest BCUT2D eigenvalue weighted by atomic mass is 10.2. The van der Waals surface area contributed by atoms with Crippen molar-refractivity contribution >= 4 is 29.2 Å². The van der Waals surface area contributed by atoms with Crippen molar-refractivity contribution in [1.82, 2.24) is 9.97 Å². The fourth-order valence-corrected chi connectivity index (χ4v) is 2.94. The van der Waals surface area contributed by atoms with Crippen molar-refractivity contribution in [3.63, 3.8) is 0 Å². The molecular formula is C15H18ClN3S. The zero-order chi connectivity index (χ0) is 14.4. The molecule has 1 heterocycles. The lowest BCUT2D eigenvalue weighted by Gasteiger charge is -2.12. The first-order chi connectivity index (χ1) is 9.74. The summed E-state index contributed by atoms with van der Waals surface area (Å²) in [7, 11) is 0. The third-order valence-corrected chi connectivity index (χ3v) is 4.08. The molecule has 2 aromatic rings. The van der Waals surface area contributed by atoms with Gasteiger partial charge in [0.2, 0.25) is 0 Å². The van der Waals surface area contributed by atoms with E-state index in [9.17, 15) is 0 Å². The van der Waals surface area contributed by atoms with Crippen molar-refractivity contribution in [3.05, 3.63) is 41.2 Å². The molecule has 0 bridgehead atoms. The normalized spacial score (nSPS) is 10.6. The molecule has 0 amide bonds. The minimum atomic E-state index is 0.749. The van der Waals surface area contributed by atoms with Gasteiger partial charge in [0.05, 0.1) is 0 Å². The van der Waals surface area contributed by atoms with E-state index in [1.807, 2.05) is 24.3 Å². The summed E-state index contributed by atoms with van der Waals surface area (Å²) in [6, 6.07) is 7.82. The second kappa shape index (κ2) is 7.50. The van der Waals surface area contributed by atoms with Gasteiger partial charge in [0.15, 0.2) is 0 Å². The Hall–Kier alpha value is -1.26. The van der Waals surface area contributed by atoms with Crippen LogP contribution in [-0.2, 0) is 6.42 Å². The highest BCUT2D eigenvalue weighted by Crippen LogP contribution is 2.32. The molecule has 0 aliphatic heterocycles. The van der Waals surface area contributed by atoms with Gasteiger partial charge >= 0.3 is 0 Å². The van der Waals surface area contributed by atoms with Crippen LogP contribution in [0.3, 0.4) is 0 Å². The van der Waals surface area contributed by atoms with Crippen LogP contribution in [0.15, 0.2) is 40.5 Å². The van der Waals surface area contributed by atoms with Crippen molar-refractivity contribution in [2.45, 2.75) is 36.6 Å². The quantitative estimate of drug-likeness (QED) is 0.787. The average Bonchev–Trinajstić information content (AvgIpc) is 2.45. The highest BCUT2D eigenvalue weighted by atomic mass is 35.5. The molecule has 0 fully saturated rings. The summed E-state index contributed by atoms with van der Waals surface area (Å²) < 4.78 is 0. The maximum Gasteiger partial charge on any atom is 0.133 e. The third kappa shape index (κ3) is 3.87. The number of rotatable bonds is 6. The highest BCUT2D eigenvalue weighted by Gasteiger charge is 2.11. The minimum absolute atomic E-state index is 0.749. The van der Waals surface area contributed by atoms with Crippen LogP contribution in [0.1, 0.15) is 25.8 Å². The number of anilines is 1. The number of hydrogen-bond acceptors (Lipinski definition) is 4. The van der Waals surface area contributed by atoms with Crippen LogP contribution in [0, 0.1) is 0 Å². The molecule has 0 atom stereocenters. The Morgan fingerprint density at radius 1 is 1.15 bits per heavy atom. The van der Waals surface area contributed by atoms with Crippen LogP contribution in [0.25, 0.3) is 0 Å². The molecule has 0 radical (unpaired) electrons. The molecule has 0 saturated carbocycles. The Morgan fingerprint density at radius 3 is 2.55 bits per heavy atom. The second-order valence-corrected chi connectivity index (χ2v) is 5.84. The number of hydrogen-bond donors (Lipinski definition) is 1. The van der Waals surface area contributed by atoms with Crippen LogP contribution in [0.5, 0.6) is 0 Å². The van der Waals surface area contributed by atoms with E-state index >= 15 is 0 Å². The SMILES string of the molecule is CCCc1c(NCC)ncnc1Sc1ccc(Cl)cc1. The van der Waals surface area contributed by atoms with E-state index in [0.29, 0.717) is 0 Å². The van der Waals surface area contributed by atoms with E-state index in [1.165, 1.54) is 5.56 Å². The van der Waals surface area contributed by atoms with E-state index in [0.717, 1.165) is 40.1 Å². The molecule has 3 nitrogen and oxygen atoms in total. The van der Waals surface area contributed by atoms with E-state index in [-0.39, 0.29) is 0 Å². The van der Waals surface area contributed by atoms with Gasteiger partial charge in [0, 0.05) is 22.0 Å². The molecule has 0 aliphatic rings. The van der Waals surface area contributed by atoms with Gasteiger partial charge in [-0.15, -0.1) is 0 Å². The predicted octanol–water partition coefficient (Wildman–Crippen LogP) is 4.67. The van der Waals surface area contributed by atoms with E-state index < -0.39 is 0 Å². The molecule has 1 aromatic carbocycles. The monoisotopic (exact) mass is 307 g/mol. The molecule has 2 rings (SSSR count). The minimum Gasteiger partial charge on any atom is -0.370 e. The Kier molecular flexibility index (Phi) is 5.68. The van der Waals surface area contributed by atoms with E-state index in [2.05, 4.69) is 29.1 Å². The van der Waals surface area contributed by atoms with E-state index in [1.54, 1.807) is 18.1 Å². The summed E-state index contributed by atoms with van der Waals surface area (Å²) in [6.07, 6.45) is 3.66. The number of benzene rings is 1. The van der Waals surface area contributed by atoms with Crippen LogP contribution >= 0.6 is 23.4 Å². The standard InChI is InChI=1S/C15H18ClN3S/c1-3-5-13-14(17-4-2)18-10-19-15(13)20-12-8-6-11(16)7-9-12/h6-10H,3-5H2,1-2H3,(H,17,18,19). The largest absolute Gasteiger partial charge is 0.370 e. The summed E-state index contributed by atoms with van der Waals surface area (Å²) in [6.45, 7) is 5.10. The van der Waals surface area contributed by atoms with Crippen LogP contribution in [0.2, 0.25) is 5.02 Å². The molecule has 0 spiro atoms. The van der Waals surface area contributed by atoms with Gasteiger partial charge in [0.1, 0.15) is 17.2 Å². The lowest BCUT2D eigenvalue weighted by molar-refractivity contribution is 0.855. The van der Waals surface area contributed by atoms with Crippen molar-refractivity contribution in [3.8, 4) is 0 Å². The van der Waals surface area contributed by atoms with Crippen molar-refractivity contribution < 1.29 is 0 Å². The van der Waals surface area contributed by atoms with E-state index in [4.69, 9.17) is 11.6 Å². The third-order valence-electron chi connectivity index (χ3n) is 2.78. The van der Waals surface area contributed by atoms with Crippen LogP contribution in [-0.4, -0.2) is 16.5 Å². The van der Waals surface area contributed by atoms with Crippen molar-refractivity contribution in [2.24, 2.45) is 0 Å². The van der Waals surface area contributed by atoms with Gasteiger partial charge < -0.3 is 5.32 Å². The zero-order valence-electron chi connectivity index (χ0n) is 11.7. The molecule has 106 valence electrons. The maximum atomic E-state index is 5.92. The van der Waals surface area contributed by atoms with Crippen LogP contribution < -0.4 is 5.32 Å². The molecule has 20 heavy (non-hydrogen) atoms. The Bertz CT molecular complexity index is 558. The molecule has 0 saturated heterocycles. The topological polar surface area (TPSA) is 37.8 Å². The van der Waals surface area contributed by atoms with Crippen molar-refractivity contribution in [1.29, 1.82) is 0 Å². The van der Waals surface area contributed by atoms with Gasteiger partial charge in [-0.3, -0.25) is 0 Å². The number of halogens is 1. The predicted molar refractivity (Wildman–Crippen MR) is 85.8 cm³/mol. The van der Waals surface area contributed by atoms with Gasteiger partial charge in [-0.25, -0.2) is 9.97 Å². The highest BCUT2D eigenvalue weighted by molar-refractivity contribution is 7.99. The number of aromatic nitrogens is 2. The van der Waals surface area contributed by atoms with Gasteiger partial charge in [-0.1, -0.05) is 36.7 Å². The second-order valence-electron chi connectivity index (χ2n) is 4.34.